The molecule has 9 heteroatoms. The van der Waals surface area contributed by atoms with Crippen molar-refractivity contribution in [1.29, 1.82) is 0 Å². The van der Waals surface area contributed by atoms with Crippen LogP contribution in [0, 0.1) is 0 Å². The van der Waals surface area contributed by atoms with Crippen LogP contribution in [0.4, 0.5) is 11.9 Å². The highest BCUT2D eigenvalue weighted by molar-refractivity contribution is 7.98. The van der Waals surface area contributed by atoms with Gasteiger partial charge in [0.2, 0.25) is 17.1 Å². The molecule has 142 valence electrons. The first kappa shape index (κ1) is 19.1. The number of thioether (sulfide) groups is 1. The summed E-state index contributed by atoms with van der Waals surface area (Å²) in [5.74, 6) is 2.30. The van der Waals surface area contributed by atoms with E-state index in [4.69, 9.17) is 0 Å². The minimum Gasteiger partial charge on any atom is -0.349 e. The van der Waals surface area contributed by atoms with Gasteiger partial charge in [0.25, 0.3) is 5.95 Å². The van der Waals surface area contributed by atoms with Gasteiger partial charge in [0, 0.05) is 25.4 Å². The largest absolute Gasteiger partial charge is 0.349 e. The Hall–Kier alpha value is -2.68. The fourth-order valence-electron chi connectivity index (χ4n) is 2.18. The van der Waals surface area contributed by atoms with Gasteiger partial charge in [-0.15, -0.1) is 5.10 Å². The first-order valence-corrected chi connectivity index (χ1v) is 9.59. The maximum atomic E-state index is 4.50. The maximum Gasteiger partial charge on any atom is 0.258 e. The summed E-state index contributed by atoms with van der Waals surface area (Å²) in [6.45, 7) is 6.17. The summed E-state index contributed by atoms with van der Waals surface area (Å²) < 4.78 is 1.58. The molecule has 0 saturated heterocycles. The summed E-state index contributed by atoms with van der Waals surface area (Å²) in [4.78, 5) is 19.6. The van der Waals surface area contributed by atoms with Gasteiger partial charge in [0.1, 0.15) is 6.33 Å². The average molecular weight is 385 g/mol. The Morgan fingerprint density at radius 1 is 1.07 bits per heavy atom. The summed E-state index contributed by atoms with van der Waals surface area (Å²) >= 11 is 1.57. The van der Waals surface area contributed by atoms with Crippen molar-refractivity contribution in [3.05, 3.63) is 42.2 Å². The van der Waals surface area contributed by atoms with Crippen molar-refractivity contribution in [2.75, 3.05) is 24.3 Å². The number of anilines is 2. The number of nitrogens with one attached hydrogen (secondary N) is 1. The second-order valence-electron chi connectivity index (χ2n) is 7.27. The number of nitrogens with zero attached hydrogens (tertiary/aromatic N) is 7. The highest BCUT2D eigenvalue weighted by Crippen LogP contribution is 2.20. The Morgan fingerprint density at radius 3 is 2.48 bits per heavy atom. The van der Waals surface area contributed by atoms with Crippen molar-refractivity contribution >= 4 is 23.7 Å². The Bertz CT molecular complexity index is 886. The summed E-state index contributed by atoms with van der Waals surface area (Å²) in [5, 5.41) is 8.46. The Kier molecular flexibility index (Phi) is 5.59. The average Bonchev–Trinajstić information content (AvgIpc) is 3.08. The van der Waals surface area contributed by atoms with Crippen LogP contribution in [0.2, 0.25) is 0 Å². The van der Waals surface area contributed by atoms with Crippen LogP contribution in [-0.2, 0) is 5.75 Å². The zero-order valence-corrected chi connectivity index (χ0v) is 17.0. The molecule has 0 saturated carbocycles. The van der Waals surface area contributed by atoms with Crippen LogP contribution in [0.5, 0.6) is 0 Å². The molecule has 0 spiro atoms. The van der Waals surface area contributed by atoms with E-state index in [-0.39, 0.29) is 5.54 Å². The molecular formula is C18H24N8S. The van der Waals surface area contributed by atoms with Crippen molar-refractivity contribution in [3.8, 4) is 5.95 Å². The van der Waals surface area contributed by atoms with Gasteiger partial charge in [-0.05, 0) is 26.3 Å². The molecule has 0 aliphatic carbocycles. The van der Waals surface area contributed by atoms with Gasteiger partial charge in [0.05, 0.1) is 0 Å². The third-order valence-corrected chi connectivity index (χ3v) is 4.31. The predicted molar refractivity (Wildman–Crippen MR) is 108 cm³/mol. The van der Waals surface area contributed by atoms with Crippen LogP contribution in [0.3, 0.4) is 0 Å². The van der Waals surface area contributed by atoms with Crippen LogP contribution < -0.4 is 10.2 Å². The zero-order chi connectivity index (χ0) is 19.4. The topological polar surface area (TPSA) is 84.7 Å². The maximum absolute atomic E-state index is 4.50. The van der Waals surface area contributed by atoms with E-state index in [9.17, 15) is 0 Å². The van der Waals surface area contributed by atoms with E-state index in [2.05, 4.69) is 63.3 Å². The number of aromatic nitrogens is 6. The van der Waals surface area contributed by atoms with Crippen LogP contribution >= 0.6 is 11.8 Å². The van der Waals surface area contributed by atoms with Crippen molar-refractivity contribution in [2.24, 2.45) is 0 Å². The lowest BCUT2D eigenvalue weighted by Gasteiger charge is -2.21. The van der Waals surface area contributed by atoms with E-state index in [0.717, 1.165) is 5.75 Å². The number of hydrogen-bond donors (Lipinski definition) is 1. The van der Waals surface area contributed by atoms with E-state index < -0.39 is 0 Å². The minimum absolute atomic E-state index is 0.165. The molecule has 2 aromatic heterocycles. The fourth-order valence-corrected chi connectivity index (χ4v) is 2.94. The molecule has 2 heterocycles. The van der Waals surface area contributed by atoms with Crippen LogP contribution in [0.1, 0.15) is 26.3 Å². The smallest absolute Gasteiger partial charge is 0.258 e. The molecule has 0 fully saturated rings. The van der Waals surface area contributed by atoms with Gasteiger partial charge < -0.3 is 10.2 Å². The Labute approximate surface area is 163 Å². The quantitative estimate of drug-likeness (QED) is 0.649. The lowest BCUT2D eigenvalue weighted by atomic mass is 10.1. The molecule has 8 nitrogen and oxygen atoms in total. The minimum atomic E-state index is -0.165. The van der Waals surface area contributed by atoms with E-state index in [0.29, 0.717) is 23.0 Å². The summed E-state index contributed by atoms with van der Waals surface area (Å²) in [5.41, 5.74) is 1.06. The van der Waals surface area contributed by atoms with Gasteiger partial charge >= 0.3 is 0 Å². The molecule has 0 unspecified atom stereocenters. The van der Waals surface area contributed by atoms with Gasteiger partial charge in [0.15, 0.2) is 0 Å². The molecule has 0 radical (unpaired) electrons. The zero-order valence-electron chi connectivity index (χ0n) is 16.2. The van der Waals surface area contributed by atoms with Crippen molar-refractivity contribution < 1.29 is 0 Å². The summed E-state index contributed by atoms with van der Waals surface area (Å²) in [6.07, 6.45) is 1.63. The molecule has 0 amide bonds. The molecule has 0 bridgehead atoms. The predicted octanol–water partition coefficient (Wildman–Crippen LogP) is 3.02. The van der Waals surface area contributed by atoms with Crippen molar-refractivity contribution in [1.82, 2.24) is 29.7 Å². The van der Waals surface area contributed by atoms with Gasteiger partial charge in [-0.3, -0.25) is 0 Å². The molecule has 0 atom stereocenters. The molecule has 0 aliphatic heterocycles. The van der Waals surface area contributed by atoms with E-state index >= 15 is 0 Å². The van der Waals surface area contributed by atoms with Crippen LogP contribution in [0.15, 0.2) is 41.8 Å². The normalized spacial score (nSPS) is 11.4. The highest BCUT2D eigenvalue weighted by Gasteiger charge is 2.16. The molecule has 0 aliphatic rings. The first-order valence-electron chi connectivity index (χ1n) is 8.60. The van der Waals surface area contributed by atoms with Gasteiger partial charge in [-0.2, -0.15) is 19.6 Å². The highest BCUT2D eigenvalue weighted by atomic mass is 32.2. The molecule has 3 aromatic rings. The molecule has 1 aromatic carbocycles. The van der Waals surface area contributed by atoms with E-state index in [1.54, 1.807) is 22.8 Å². The molecule has 1 N–H and O–H groups in total. The van der Waals surface area contributed by atoms with Gasteiger partial charge in [-0.25, -0.2) is 4.98 Å². The van der Waals surface area contributed by atoms with Gasteiger partial charge in [-0.1, -0.05) is 42.1 Å². The molecular weight excluding hydrogens is 360 g/mol. The lowest BCUT2D eigenvalue weighted by Crippen LogP contribution is -2.28. The van der Waals surface area contributed by atoms with Crippen molar-refractivity contribution in [3.63, 3.8) is 0 Å². The second-order valence-corrected chi connectivity index (χ2v) is 8.22. The second kappa shape index (κ2) is 7.91. The number of benzene rings is 1. The van der Waals surface area contributed by atoms with E-state index in [1.165, 1.54) is 5.56 Å². The number of rotatable bonds is 6. The fraction of sp³-hybridized carbons (Fsp3) is 0.389. The van der Waals surface area contributed by atoms with Crippen LogP contribution in [0.25, 0.3) is 5.95 Å². The third-order valence-electron chi connectivity index (χ3n) is 3.39. The molecule has 27 heavy (non-hydrogen) atoms. The Morgan fingerprint density at radius 2 is 1.81 bits per heavy atom. The SMILES string of the molecule is CN(C)c1nc(NC(C)(C)C)nc(-n2cnc(SCc3ccccc3)n2)n1. The monoisotopic (exact) mass is 384 g/mol. The summed E-state index contributed by atoms with van der Waals surface area (Å²) in [6, 6.07) is 10.2. The van der Waals surface area contributed by atoms with Crippen LogP contribution in [-0.4, -0.2) is 49.4 Å². The lowest BCUT2D eigenvalue weighted by molar-refractivity contribution is 0.622. The van der Waals surface area contributed by atoms with E-state index in [1.807, 2.05) is 37.2 Å². The standard InChI is InChI=1S/C18H24N8S/c1-18(2,3)23-14-20-15(25(4)5)22-16(21-14)26-12-19-17(24-26)27-11-13-9-7-6-8-10-13/h6-10,12H,11H2,1-5H3,(H,20,21,22,23). The summed E-state index contributed by atoms with van der Waals surface area (Å²) in [7, 11) is 3.78. The Balaban J connectivity index is 1.82. The third kappa shape index (κ3) is 5.40. The molecule has 3 rings (SSSR count). The number of hydrogen-bond acceptors (Lipinski definition) is 8. The first-order chi connectivity index (χ1) is 12.8. The van der Waals surface area contributed by atoms with Crippen molar-refractivity contribution in [2.45, 2.75) is 37.2 Å².